The predicted octanol–water partition coefficient (Wildman–Crippen LogP) is 1.02. The lowest BCUT2D eigenvalue weighted by Gasteiger charge is -2.28. The number of hydrogen-bond acceptors (Lipinski definition) is 2. The predicted molar refractivity (Wildman–Crippen MR) is 58.0 cm³/mol. The van der Waals surface area contributed by atoms with E-state index in [1.165, 1.54) is 18.9 Å². The molecule has 1 amide bonds. The van der Waals surface area contributed by atoms with E-state index in [2.05, 4.69) is 11.9 Å². The maximum Gasteiger partial charge on any atom is 0.245 e. The van der Waals surface area contributed by atoms with Gasteiger partial charge in [-0.25, -0.2) is 0 Å². The molecule has 1 heterocycles. The molecule has 0 unspecified atom stereocenters. The molecule has 0 bridgehead atoms. The van der Waals surface area contributed by atoms with E-state index in [1.807, 2.05) is 11.8 Å². The van der Waals surface area contributed by atoms with Crippen LogP contribution in [-0.4, -0.2) is 37.0 Å². The summed E-state index contributed by atoms with van der Waals surface area (Å²) in [5.74, 6) is 0.728. The summed E-state index contributed by atoms with van der Waals surface area (Å²) in [5.41, 5.74) is 0. The van der Waals surface area contributed by atoms with Crippen LogP contribution < -0.4 is 5.32 Å². The average Bonchev–Trinajstić information content (AvgIpc) is 2.26. The van der Waals surface area contributed by atoms with E-state index in [0.29, 0.717) is 5.92 Å². The molecule has 3 heteroatoms. The topological polar surface area (TPSA) is 32.3 Å². The van der Waals surface area contributed by atoms with Crippen molar-refractivity contribution in [3.63, 3.8) is 0 Å². The summed E-state index contributed by atoms with van der Waals surface area (Å²) in [6.45, 7) is 9.39. The third-order valence-corrected chi connectivity index (χ3v) is 2.81. The number of hydrogen-bond donors (Lipinski definition) is 1. The van der Waals surface area contributed by atoms with Gasteiger partial charge in [0.2, 0.25) is 5.91 Å². The van der Waals surface area contributed by atoms with Crippen LogP contribution in [0.4, 0.5) is 0 Å². The van der Waals surface area contributed by atoms with E-state index < -0.39 is 0 Å². The molecule has 14 heavy (non-hydrogen) atoms. The van der Waals surface area contributed by atoms with Crippen LogP contribution in [0.2, 0.25) is 0 Å². The van der Waals surface area contributed by atoms with Gasteiger partial charge in [-0.2, -0.15) is 0 Å². The third kappa shape index (κ3) is 3.14. The van der Waals surface area contributed by atoms with Crippen molar-refractivity contribution >= 4 is 5.91 Å². The number of amides is 1. The first-order valence-electron chi connectivity index (χ1n) is 5.40. The number of rotatable bonds is 4. The molecule has 80 valence electrons. The van der Waals surface area contributed by atoms with Crippen molar-refractivity contribution in [2.45, 2.75) is 19.8 Å². The fourth-order valence-corrected chi connectivity index (χ4v) is 1.88. The molecule has 0 aromatic rings. The van der Waals surface area contributed by atoms with Gasteiger partial charge in [-0.3, -0.25) is 4.79 Å². The highest BCUT2D eigenvalue weighted by molar-refractivity contribution is 5.86. The molecule has 0 saturated carbocycles. The van der Waals surface area contributed by atoms with Crippen molar-refractivity contribution in [3.05, 3.63) is 12.7 Å². The number of likely N-dealkylation sites (N-methyl/N-ethyl adjacent to an activating group) is 1. The van der Waals surface area contributed by atoms with Crippen molar-refractivity contribution in [3.8, 4) is 0 Å². The normalized spacial score (nSPS) is 17.8. The summed E-state index contributed by atoms with van der Waals surface area (Å²) in [6, 6.07) is 0. The van der Waals surface area contributed by atoms with Crippen LogP contribution in [0.5, 0.6) is 0 Å². The Morgan fingerprint density at radius 1 is 1.57 bits per heavy atom. The third-order valence-electron chi connectivity index (χ3n) is 2.81. The van der Waals surface area contributed by atoms with Crippen molar-refractivity contribution in [2.24, 2.45) is 5.92 Å². The van der Waals surface area contributed by atoms with Crippen LogP contribution in [0.25, 0.3) is 0 Å². The van der Waals surface area contributed by atoms with Gasteiger partial charge in [-0.15, -0.1) is 0 Å². The van der Waals surface area contributed by atoms with Gasteiger partial charge in [-0.05, 0) is 44.8 Å². The highest BCUT2D eigenvalue weighted by atomic mass is 16.2. The Balaban J connectivity index is 2.38. The number of carbonyl (C=O) groups is 1. The van der Waals surface area contributed by atoms with Gasteiger partial charge in [0, 0.05) is 13.1 Å². The standard InChI is InChI=1S/C11H20N2O/c1-3-11(14)13(4-2)9-10-5-7-12-8-6-10/h3,10,12H,1,4-9H2,2H3. The van der Waals surface area contributed by atoms with Crippen molar-refractivity contribution in [1.82, 2.24) is 10.2 Å². The van der Waals surface area contributed by atoms with Crippen LogP contribution in [-0.2, 0) is 4.79 Å². The minimum Gasteiger partial charge on any atom is -0.339 e. The van der Waals surface area contributed by atoms with E-state index in [9.17, 15) is 4.79 Å². The summed E-state index contributed by atoms with van der Waals surface area (Å²) in [6.07, 6.45) is 3.77. The highest BCUT2D eigenvalue weighted by Gasteiger charge is 2.17. The summed E-state index contributed by atoms with van der Waals surface area (Å²) < 4.78 is 0. The average molecular weight is 196 g/mol. The van der Waals surface area contributed by atoms with Crippen LogP contribution in [0.1, 0.15) is 19.8 Å². The smallest absolute Gasteiger partial charge is 0.245 e. The molecule has 1 fully saturated rings. The Kier molecular flexibility index (Phi) is 4.66. The first-order valence-corrected chi connectivity index (χ1v) is 5.40. The molecule has 0 spiro atoms. The van der Waals surface area contributed by atoms with Crippen LogP contribution in [0, 0.1) is 5.92 Å². The molecule has 0 radical (unpaired) electrons. The van der Waals surface area contributed by atoms with Crippen LogP contribution in [0.3, 0.4) is 0 Å². The molecule has 1 N–H and O–H groups in total. The van der Waals surface area contributed by atoms with E-state index in [0.717, 1.165) is 26.2 Å². The molecule has 0 atom stereocenters. The number of piperidine rings is 1. The molecule has 0 aromatic carbocycles. The Hall–Kier alpha value is -0.830. The van der Waals surface area contributed by atoms with E-state index in [1.54, 1.807) is 0 Å². The molecule has 1 rings (SSSR count). The summed E-state index contributed by atoms with van der Waals surface area (Å²) in [4.78, 5) is 13.3. The second-order valence-electron chi connectivity index (χ2n) is 3.77. The maximum absolute atomic E-state index is 11.4. The molecule has 0 aromatic heterocycles. The van der Waals surface area contributed by atoms with Crippen molar-refractivity contribution < 1.29 is 4.79 Å². The molecule has 3 nitrogen and oxygen atoms in total. The van der Waals surface area contributed by atoms with E-state index >= 15 is 0 Å². The minimum atomic E-state index is 0.0611. The lowest BCUT2D eigenvalue weighted by molar-refractivity contribution is -0.126. The van der Waals surface area contributed by atoms with Gasteiger partial charge in [0.05, 0.1) is 0 Å². The summed E-state index contributed by atoms with van der Waals surface area (Å²) in [7, 11) is 0. The number of nitrogens with zero attached hydrogens (tertiary/aromatic N) is 1. The second-order valence-corrected chi connectivity index (χ2v) is 3.77. The van der Waals surface area contributed by atoms with Gasteiger partial charge >= 0.3 is 0 Å². The number of carbonyl (C=O) groups excluding carboxylic acids is 1. The van der Waals surface area contributed by atoms with Crippen LogP contribution in [0.15, 0.2) is 12.7 Å². The van der Waals surface area contributed by atoms with Crippen molar-refractivity contribution in [2.75, 3.05) is 26.2 Å². The summed E-state index contributed by atoms with van der Waals surface area (Å²) >= 11 is 0. The first-order chi connectivity index (χ1) is 6.77. The van der Waals surface area contributed by atoms with Crippen LogP contribution >= 0.6 is 0 Å². The zero-order chi connectivity index (χ0) is 10.4. The van der Waals surface area contributed by atoms with Gasteiger partial charge in [0.15, 0.2) is 0 Å². The lowest BCUT2D eigenvalue weighted by Crippen LogP contribution is -2.38. The fraction of sp³-hybridized carbons (Fsp3) is 0.727. The zero-order valence-corrected chi connectivity index (χ0v) is 8.96. The van der Waals surface area contributed by atoms with Gasteiger partial charge in [-0.1, -0.05) is 6.58 Å². The van der Waals surface area contributed by atoms with E-state index in [-0.39, 0.29) is 5.91 Å². The lowest BCUT2D eigenvalue weighted by atomic mass is 9.97. The quantitative estimate of drug-likeness (QED) is 0.681. The number of nitrogens with one attached hydrogen (secondary N) is 1. The SMILES string of the molecule is C=CC(=O)N(CC)CC1CCNCC1. The van der Waals surface area contributed by atoms with Gasteiger partial charge < -0.3 is 10.2 Å². The Morgan fingerprint density at radius 2 is 2.21 bits per heavy atom. The molecule has 1 saturated heterocycles. The van der Waals surface area contributed by atoms with Gasteiger partial charge in [0.25, 0.3) is 0 Å². The molecule has 1 aliphatic rings. The second kappa shape index (κ2) is 5.81. The zero-order valence-electron chi connectivity index (χ0n) is 8.96. The molecule has 0 aliphatic carbocycles. The molecular weight excluding hydrogens is 176 g/mol. The first kappa shape index (κ1) is 11.2. The molecular formula is C11H20N2O. The Bertz CT molecular complexity index is 197. The highest BCUT2D eigenvalue weighted by Crippen LogP contribution is 2.13. The Morgan fingerprint density at radius 3 is 2.71 bits per heavy atom. The largest absolute Gasteiger partial charge is 0.339 e. The van der Waals surface area contributed by atoms with Gasteiger partial charge in [0.1, 0.15) is 0 Å². The minimum absolute atomic E-state index is 0.0611. The monoisotopic (exact) mass is 196 g/mol. The van der Waals surface area contributed by atoms with E-state index in [4.69, 9.17) is 0 Å². The van der Waals surface area contributed by atoms with Crippen molar-refractivity contribution in [1.29, 1.82) is 0 Å². The fourth-order valence-electron chi connectivity index (χ4n) is 1.88. The summed E-state index contributed by atoms with van der Waals surface area (Å²) in [5, 5.41) is 3.33. The maximum atomic E-state index is 11.4. The Labute approximate surface area is 86.2 Å². The molecule has 1 aliphatic heterocycles.